The van der Waals surface area contributed by atoms with Gasteiger partial charge in [-0.3, -0.25) is 4.79 Å². The Morgan fingerprint density at radius 3 is 2.17 bits per heavy atom. The van der Waals surface area contributed by atoms with E-state index in [1.807, 2.05) is 47.4 Å². The summed E-state index contributed by atoms with van der Waals surface area (Å²) in [6.07, 6.45) is -4.39. The number of hydrogen-bond acceptors (Lipinski definition) is 4. The van der Waals surface area contributed by atoms with Crippen LogP contribution in [0.5, 0.6) is 11.5 Å². The number of benzene rings is 4. The molecule has 4 aromatic carbocycles. The molecule has 5 nitrogen and oxygen atoms in total. The molecule has 1 fully saturated rings. The topological polar surface area (TPSA) is 42.0 Å². The van der Waals surface area contributed by atoms with Crippen molar-refractivity contribution in [3.8, 4) is 22.6 Å². The van der Waals surface area contributed by atoms with Crippen LogP contribution in [0.3, 0.4) is 0 Å². The van der Waals surface area contributed by atoms with Crippen molar-refractivity contribution in [2.24, 2.45) is 0 Å². The van der Waals surface area contributed by atoms with Crippen molar-refractivity contribution in [2.45, 2.75) is 12.8 Å². The van der Waals surface area contributed by atoms with Crippen LogP contribution in [0.1, 0.15) is 21.5 Å². The first-order valence-corrected chi connectivity index (χ1v) is 13.0. The second-order valence-electron chi connectivity index (χ2n) is 9.53. The van der Waals surface area contributed by atoms with Gasteiger partial charge in [0, 0.05) is 43.0 Å². The van der Waals surface area contributed by atoms with Crippen molar-refractivity contribution >= 4 is 11.6 Å². The smallest absolute Gasteiger partial charge is 0.416 e. The average molecular weight is 547 g/mol. The fourth-order valence-electron chi connectivity index (χ4n) is 4.79. The number of carbonyl (C=O) groups is 1. The monoisotopic (exact) mass is 546 g/mol. The highest BCUT2D eigenvalue weighted by Gasteiger charge is 2.31. The van der Waals surface area contributed by atoms with Crippen molar-refractivity contribution < 1.29 is 27.4 Å². The standard InChI is InChI=1S/C32H29F3N2O3/c1-39-30-15-12-25(20-26(30)22-40-29-13-10-24(11-14-29)23-6-3-2-4-7-23)31(38)37-18-16-36(17-19-37)28-9-5-8-27(21-28)32(33,34)35/h2-15,20-21H,16-19,22H2,1H3. The highest BCUT2D eigenvalue weighted by molar-refractivity contribution is 5.94. The Balaban J connectivity index is 1.22. The molecule has 0 spiro atoms. The van der Waals surface area contributed by atoms with Gasteiger partial charge in [0.05, 0.1) is 12.7 Å². The van der Waals surface area contributed by atoms with Crippen LogP contribution >= 0.6 is 0 Å². The van der Waals surface area contributed by atoms with Gasteiger partial charge in [-0.1, -0.05) is 48.5 Å². The van der Waals surface area contributed by atoms with Gasteiger partial charge < -0.3 is 19.3 Å². The molecule has 1 heterocycles. The van der Waals surface area contributed by atoms with Crippen LogP contribution in [0.15, 0.2) is 97.1 Å². The molecule has 206 valence electrons. The summed E-state index contributed by atoms with van der Waals surface area (Å²) >= 11 is 0. The molecular formula is C32H29F3N2O3. The predicted molar refractivity (Wildman–Crippen MR) is 149 cm³/mol. The van der Waals surface area contributed by atoms with E-state index in [0.29, 0.717) is 48.9 Å². The maximum absolute atomic E-state index is 13.3. The summed E-state index contributed by atoms with van der Waals surface area (Å²) < 4.78 is 50.9. The first-order valence-electron chi connectivity index (χ1n) is 13.0. The minimum atomic E-state index is -4.39. The highest BCUT2D eigenvalue weighted by atomic mass is 19.4. The number of anilines is 1. The number of carbonyl (C=O) groups excluding carboxylic acids is 1. The minimum Gasteiger partial charge on any atom is -0.496 e. The number of halogens is 3. The lowest BCUT2D eigenvalue weighted by Crippen LogP contribution is -2.48. The number of rotatable bonds is 7. The summed E-state index contributed by atoms with van der Waals surface area (Å²) in [4.78, 5) is 16.9. The van der Waals surface area contributed by atoms with Crippen LogP contribution in [0, 0.1) is 0 Å². The van der Waals surface area contributed by atoms with E-state index in [0.717, 1.165) is 28.8 Å². The molecule has 0 atom stereocenters. The first kappa shape index (κ1) is 27.1. The third kappa shape index (κ3) is 6.22. The van der Waals surface area contributed by atoms with E-state index < -0.39 is 11.7 Å². The summed E-state index contributed by atoms with van der Waals surface area (Å²) in [6.45, 7) is 1.91. The van der Waals surface area contributed by atoms with Crippen molar-refractivity contribution in [2.75, 3.05) is 38.2 Å². The first-order chi connectivity index (χ1) is 19.3. The molecule has 0 radical (unpaired) electrons. The van der Waals surface area contributed by atoms with Gasteiger partial charge >= 0.3 is 6.18 Å². The third-order valence-corrected chi connectivity index (χ3v) is 6.99. The molecule has 4 aromatic rings. The fraction of sp³-hybridized carbons (Fsp3) is 0.219. The normalized spacial score (nSPS) is 13.7. The van der Waals surface area contributed by atoms with Gasteiger partial charge in [0.2, 0.25) is 0 Å². The molecule has 0 bridgehead atoms. The maximum Gasteiger partial charge on any atom is 0.416 e. The molecule has 1 amide bonds. The molecule has 0 aromatic heterocycles. The summed E-state index contributed by atoms with van der Waals surface area (Å²) in [6, 6.07) is 28.4. The van der Waals surface area contributed by atoms with Crippen LogP contribution in [0.25, 0.3) is 11.1 Å². The summed E-state index contributed by atoms with van der Waals surface area (Å²) in [5.74, 6) is 1.18. The van der Waals surface area contributed by atoms with E-state index in [9.17, 15) is 18.0 Å². The van der Waals surface area contributed by atoms with Crippen molar-refractivity contribution in [3.63, 3.8) is 0 Å². The van der Waals surface area contributed by atoms with Crippen LogP contribution in [-0.4, -0.2) is 44.1 Å². The van der Waals surface area contributed by atoms with E-state index in [2.05, 4.69) is 12.1 Å². The van der Waals surface area contributed by atoms with Gasteiger partial charge in [0.1, 0.15) is 18.1 Å². The van der Waals surface area contributed by atoms with Crippen molar-refractivity contribution in [3.05, 3.63) is 114 Å². The van der Waals surface area contributed by atoms with E-state index in [-0.39, 0.29) is 12.5 Å². The van der Waals surface area contributed by atoms with Gasteiger partial charge in [0.25, 0.3) is 5.91 Å². The van der Waals surface area contributed by atoms with Crippen LogP contribution in [-0.2, 0) is 12.8 Å². The number of hydrogen-bond donors (Lipinski definition) is 0. The summed E-state index contributed by atoms with van der Waals surface area (Å²) in [7, 11) is 1.57. The number of alkyl halides is 3. The number of piperazine rings is 1. The second-order valence-corrected chi connectivity index (χ2v) is 9.53. The lowest BCUT2D eigenvalue weighted by molar-refractivity contribution is -0.137. The van der Waals surface area contributed by atoms with Crippen LogP contribution in [0.4, 0.5) is 18.9 Å². The molecule has 5 rings (SSSR count). The average Bonchev–Trinajstić information content (AvgIpc) is 3.00. The quantitative estimate of drug-likeness (QED) is 0.252. The van der Waals surface area contributed by atoms with Crippen LogP contribution < -0.4 is 14.4 Å². The Kier molecular flexibility index (Phi) is 7.96. The van der Waals surface area contributed by atoms with Crippen LogP contribution in [0.2, 0.25) is 0 Å². The Bertz CT molecular complexity index is 1450. The van der Waals surface area contributed by atoms with E-state index in [1.165, 1.54) is 6.07 Å². The number of methoxy groups -OCH3 is 1. The van der Waals surface area contributed by atoms with Gasteiger partial charge in [-0.05, 0) is 59.7 Å². The molecule has 1 saturated heterocycles. The molecule has 0 N–H and O–H groups in total. The van der Waals surface area contributed by atoms with Crippen molar-refractivity contribution in [1.82, 2.24) is 4.90 Å². The zero-order valence-corrected chi connectivity index (χ0v) is 22.0. The third-order valence-electron chi connectivity index (χ3n) is 6.99. The molecule has 1 aliphatic rings. The Morgan fingerprint density at radius 1 is 0.800 bits per heavy atom. The number of amides is 1. The lowest BCUT2D eigenvalue weighted by atomic mass is 10.1. The minimum absolute atomic E-state index is 0.139. The Morgan fingerprint density at radius 2 is 1.50 bits per heavy atom. The van der Waals surface area contributed by atoms with Gasteiger partial charge in [-0.25, -0.2) is 0 Å². The molecule has 8 heteroatoms. The lowest BCUT2D eigenvalue weighted by Gasteiger charge is -2.36. The summed E-state index contributed by atoms with van der Waals surface area (Å²) in [5.41, 5.74) is 3.28. The highest BCUT2D eigenvalue weighted by Crippen LogP contribution is 2.32. The molecule has 40 heavy (non-hydrogen) atoms. The maximum atomic E-state index is 13.3. The number of nitrogens with zero attached hydrogens (tertiary/aromatic N) is 2. The van der Waals surface area contributed by atoms with E-state index >= 15 is 0 Å². The van der Waals surface area contributed by atoms with Gasteiger partial charge in [-0.2, -0.15) is 13.2 Å². The van der Waals surface area contributed by atoms with E-state index in [4.69, 9.17) is 9.47 Å². The largest absolute Gasteiger partial charge is 0.496 e. The second kappa shape index (κ2) is 11.7. The van der Waals surface area contributed by atoms with Gasteiger partial charge in [-0.15, -0.1) is 0 Å². The Labute approximate surface area is 231 Å². The molecular weight excluding hydrogens is 517 g/mol. The van der Waals surface area contributed by atoms with E-state index in [1.54, 1.807) is 36.3 Å². The Hall–Kier alpha value is -4.46. The van der Waals surface area contributed by atoms with Crippen molar-refractivity contribution in [1.29, 1.82) is 0 Å². The SMILES string of the molecule is COc1ccc(C(=O)N2CCN(c3cccc(C(F)(F)F)c3)CC2)cc1COc1ccc(-c2ccccc2)cc1. The number of ether oxygens (including phenoxy) is 2. The summed E-state index contributed by atoms with van der Waals surface area (Å²) in [5, 5.41) is 0. The molecule has 0 aliphatic carbocycles. The zero-order chi connectivity index (χ0) is 28.1. The molecule has 0 unspecified atom stereocenters. The zero-order valence-electron chi connectivity index (χ0n) is 22.0. The molecule has 0 saturated carbocycles. The molecule has 1 aliphatic heterocycles. The van der Waals surface area contributed by atoms with Gasteiger partial charge in [0.15, 0.2) is 0 Å². The predicted octanol–water partition coefficient (Wildman–Crippen LogP) is 6.92. The fourth-order valence-corrected chi connectivity index (χ4v) is 4.79.